The van der Waals surface area contributed by atoms with Crippen molar-refractivity contribution in [2.75, 3.05) is 0 Å². The second-order valence-corrected chi connectivity index (χ2v) is 8.00. The summed E-state index contributed by atoms with van der Waals surface area (Å²) in [5.74, 6) is 0.354. The van der Waals surface area contributed by atoms with E-state index < -0.39 is 0 Å². The van der Waals surface area contributed by atoms with Gasteiger partial charge in [-0.2, -0.15) is 0 Å². The van der Waals surface area contributed by atoms with Crippen LogP contribution < -0.4 is 0 Å². The molecule has 5 rings (SSSR count). The first kappa shape index (κ1) is 18.6. The van der Waals surface area contributed by atoms with Crippen molar-refractivity contribution in [3.05, 3.63) is 97.2 Å². The van der Waals surface area contributed by atoms with E-state index in [1.54, 1.807) is 0 Å². The molecule has 30 heavy (non-hydrogen) atoms. The first-order chi connectivity index (χ1) is 14.8. The summed E-state index contributed by atoms with van der Waals surface area (Å²) in [7, 11) is 0. The first-order valence-corrected chi connectivity index (χ1v) is 10.8. The van der Waals surface area contributed by atoms with Crippen LogP contribution >= 0.6 is 0 Å². The molecular weight excluding hydrogens is 366 g/mol. The molecule has 0 N–H and O–H groups in total. The minimum Gasteiger partial charge on any atom is -0.336 e. The number of carbonyl (C=O) groups excluding carboxylic acids is 1. The molecule has 1 fully saturated rings. The highest BCUT2D eigenvalue weighted by Gasteiger charge is 2.29. The highest BCUT2D eigenvalue weighted by molar-refractivity contribution is 5.95. The van der Waals surface area contributed by atoms with Crippen molar-refractivity contribution in [3.63, 3.8) is 0 Å². The van der Waals surface area contributed by atoms with Crippen LogP contribution in [-0.4, -0.2) is 10.4 Å². The molecule has 3 aromatic carbocycles. The van der Waals surface area contributed by atoms with Crippen LogP contribution in [0.5, 0.6) is 0 Å². The molecule has 1 heterocycles. The Hall–Kier alpha value is -3.39. The number of Topliss-reactive ketones (excluding diaryl/α,β-unsaturated/α-hetero) is 1. The van der Waals surface area contributed by atoms with E-state index in [4.69, 9.17) is 0 Å². The van der Waals surface area contributed by atoms with Gasteiger partial charge in [-0.05, 0) is 29.5 Å². The van der Waals surface area contributed by atoms with Crippen LogP contribution in [0.2, 0.25) is 0 Å². The molecule has 1 aliphatic rings. The number of rotatable bonds is 4. The third-order valence-corrected chi connectivity index (χ3v) is 6.09. The fourth-order valence-corrected chi connectivity index (χ4v) is 4.65. The van der Waals surface area contributed by atoms with Crippen LogP contribution in [-0.2, 0) is 4.79 Å². The number of ketones is 1. The lowest BCUT2D eigenvalue weighted by Gasteiger charge is -2.25. The van der Waals surface area contributed by atoms with Gasteiger partial charge >= 0.3 is 0 Å². The van der Waals surface area contributed by atoms with E-state index >= 15 is 0 Å². The highest BCUT2D eigenvalue weighted by Crippen LogP contribution is 2.44. The van der Waals surface area contributed by atoms with Crippen LogP contribution in [0.3, 0.4) is 0 Å². The Bertz CT molecular complexity index is 1140. The number of aromatic nitrogens is 1. The number of hydrogen-bond acceptors (Lipinski definition) is 1. The van der Waals surface area contributed by atoms with Crippen LogP contribution in [0.1, 0.15) is 31.7 Å². The SMILES string of the molecule is O=C1CCCCC1n1cc(-c2ccccc2)c(-c2ccccc2)c1-c1ccccc1. The van der Waals surface area contributed by atoms with E-state index in [1.165, 1.54) is 22.3 Å². The van der Waals surface area contributed by atoms with Gasteiger partial charge in [-0.15, -0.1) is 0 Å². The van der Waals surface area contributed by atoms with Crippen molar-refractivity contribution < 1.29 is 4.79 Å². The second kappa shape index (κ2) is 8.16. The molecular formula is C28H25NO. The van der Waals surface area contributed by atoms with E-state index in [2.05, 4.69) is 89.6 Å². The normalized spacial score (nSPS) is 16.5. The van der Waals surface area contributed by atoms with Gasteiger partial charge in [-0.3, -0.25) is 4.79 Å². The Balaban J connectivity index is 1.83. The highest BCUT2D eigenvalue weighted by atomic mass is 16.1. The topological polar surface area (TPSA) is 22.0 Å². The molecule has 0 amide bonds. The van der Waals surface area contributed by atoms with Crippen molar-refractivity contribution in [1.82, 2.24) is 4.57 Å². The van der Waals surface area contributed by atoms with E-state index in [0.717, 1.165) is 30.5 Å². The number of benzene rings is 3. The monoisotopic (exact) mass is 391 g/mol. The minimum absolute atomic E-state index is 0.0890. The number of hydrogen-bond donors (Lipinski definition) is 0. The summed E-state index contributed by atoms with van der Waals surface area (Å²) in [4.78, 5) is 13.0. The molecule has 1 saturated carbocycles. The minimum atomic E-state index is -0.0890. The summed E-state index contributed by atoms with van der Waals surface area (Å²) in [6.45, 7) is 0. The van der Waals surface area contributed by atoms with Crippen LogP contribution in [0.25, 0.3) is 33.5 Å². The Morgan fingerprint density at radius 3 is 1.83 bits per heavy atom. The third-order valence-electron chi connectivity index (χ3n) is 6.09. The molecule has 0 aliphatic heterocycles. The molecule has 0 bridgehead atoms. The molecule has 0 radical (unpaired) electrons. The zero-order chi connectivity index (χ0) is 20.3. The summed E-state index contributed by atoms with van der Waals surface area (Å²) in [5, 5.41) is 0. The predicted octanol–water partition coefficient (Wildman–Crippen LogP) is 7.17. The van der Waals surface area contributed by atoms with Gasteiger partial charge in [0, 0.05) is 23.7 Å². The predicted molar refractivity (Wildman–Crippen MR) is 123 cm³/mol. The summed E-state index contributed by atoms with van der Waals surface area (Å²) < 4.78 is 2.27. The summed E-state index contributed by atoms with van der Waals surface area (Å²) >= 11 is 0. The molecule has 0 saturated heterocycles. The van der Waals surface area contributed by atoms with Gasteiger partial charge in [-0.25, -0.2) is 0 Å². The number of nitrogens with zero attached hydrogens (tertiary/aromatic N) is 1. The zero-order valence-electron chi connectivity index (χ0n) is 17.0. The van der Waals surface area contributed by atoms with Crippen LogP contribution in [0.4, 0.5) is 0 Å². The standard InChI is InChI=1S/C28H25NO/c30-26-19-11-10-18-25(26)29-20-24(21-12-4-1-5-13-21)27(22-14-6-2-7-15-22)28(29)23-16-8-3-9-17-23/h1-9,12-17,20,25H,10-11,18-19H2. The number of carbonyl (C=O) groups is 1. The maximum atomic E-state index is 13.0. The van der Waals surface area contributed by atoms with Gasteiger partial charge < -0.3 is 4.57 Å². The molecule has 0 spiro atoms. The summed E-state index contributed by atoms with van der Waals surface area (Å²) in [6.07, 6.45) is 5.92. The molecule has 1 atom stereocenters. The Labute approximate surface area is 177 Å². The first-order valence-electron chi connectivity index (χ1n) is 10.8. The van der Waals surface area contributed by atoms with Crippen molar-refractivity contribution in [2.45, 2.75) is 31.7 Å². The Morgan fingerprint density at radius 2 is 1.23 bits per heavy atom. The van der Waals surface area contributed by atoms with E-state index in [9.17, 15) is 4.79 Å². The van der Waals surface area contributed by atoms with Gasteiger partial charge in [0.15, 0.2) is 5.78 Å². The van der Waals surface area contributed by atoms with Crippen molar-refractivity contribution in [1.29, 1.82) is 0 Å². The van der Waals surface area contributed by atoms with E-state index in [-0.39, 0.29) is 6.04 Å². The van der Waals surface area contributed by atoms with E-state index in [1.807, 2.05) is 12.1 Å². The maximum Gasteiger partial charge on any atom is 0.155 e. The van der Waals surface area contributed by atoms with E-state index in [0.29, 0.717) is 12.2 Å². The quantitative estimate of drug-likeness (QED) is 0.361. The van der Waals surface area contributed by atoms with Gasteiger partial charge in [0.2, 0.25) is 0 Å². The van der Waals surface area contributed by atoms with Crippen molar-refractivity contribution in [2.24, 2.45) is 0 Å². The van der Waals surface area contributed by atoms with Crippen molar-refractivity contribution in [3.8, 4) is 33.5 Å². The Kier molecular flexibility index (Phi) is 5.06. The molecule has 2 heteroatoms. The maximum absolute atomic E-state index is 13.0. The van der Waals surface area contributed by atoms with Crippen LogP contribution in [0.15, 0.2) is 97.2 Å². The molecule has 1 aliphatic carbocycles. The molecule has 148 valence electrons. The fourth-order valence-electron chi connectivity index (χ4n) is 4.65. The van der Waals surface area contributed by atoms with Crippen LogP contribution in [0, 0.1) is 0 Å². The third kappa shape index (κ3) is 3.39. The molecule has 1 unspecified atom stereocenters. The molecule has 1 aromatic heterocycles. The largest absolute Gasteiger partial charge is 0.336 e. The summed E-state index contributed by atoms with van der Waals surface area (Å²) in [5.41, 5.74) is 7.02. The summed E-state index contributed by atoms with van der Waals surface area (Å²) in [6, 6.07) is 31.5. The lowest BCUT2D eigenvalue weighted by Crippen LogP contribution is -2.23. The van der Waals surface area contributed by atoms with Gasteiger partial charge in [0.05, 0.1) is 11.7 Å². The smallest absolute Gasteiger partial charge is 0.155 e. The Morgan fingerprint density at radius 1 is 0.667 bits per heavy atom. The van der Waals surface area contributed by atoms with Crippen molar-refractivity contribution >= 4 is 5.78 Å². The average molecular weight is 392 g/mol. The average Bonchev–Trinajstić information content (AvgIpc) is 3.21. The van der Waals surface area contributed by atoms with Gasteiger partial charge in [-0.1, -0.05) is 97.4 Å². The van der Waals surface area contributed by atoms with Gasteiger partial charge in [0.25, 0.3) is 0 Å². The van der Waals surface area contributed by atoms with Gasteiger partial charge in [0.1, 0.15) is 0 Å². The lowest BCUT2D eigenvalue weighted by atomic mass is 9.92. The fraction of sp³-hybridized carbons (Fsp3) is 0.179. The molecule has 2 nitrogen and oxygen atoms in total. The zero-order valence-corrected chi connectivity index (χ0v) is 17.0. The lowest BCUT2D eigenvalue weighted by molar-refractivity contribution is -0.123. The second-order valence-electron chi connectivity index (χ2n) is 8.00. The molecule has 4 aromatic rings.